The number of halogens is 2. The number of hydrogen-bond donors (Lipinski definition) is 2. The fraction of sp³-hybridized carbons (Fsp3) is 0.562. The molecule has 2 unspecified atom stereocenters. The monoisotopic (exact) mass is 361 g/mol. The van der Waals surface area contributed by atoms with Gasteiger partial charge < -0.3 is 15.8 Å². The zero-order valence-corrected chi connectivity index (χ0v) is 15.1. The lowest BCUT2D eigenvalue weighted by atomic mass is 9.92. The smallest absolute Gasteiger partial charge is 0.238 e. The van der Waals surface area contributed by atoms with Crippen LogP contribution in [0.4, 0.5) is 5.69 Å². The Morgan fingerprint density at radius 3 is 2.91 bits per heavy atom. The lowest BCUT2D eigenvalue weighted by Gasteiger charge is -2.34. The minimum absolute atomic E-state index is 0. The highest BCUT2D eigenvalue weighted by atomic mass is 35.5. The number of carbonyl (C=O) groups is 1. The van der Waals surface area contributed by atoms with Crippen molar-refractivity contribution in [2.75, 3.05) is 32.1 Å². The number of nitrogens with zero attached hydrogens (tertiary/aromatic N) is 1. The summed E-state index contributed by atoms with van der Waals surface area (Å²) in [6.07, 6.45) is 2.23. The Morgan fingerprint density at radius 1 is 1.57 bits per heavy atom. The maximum atomic E-state index is 12.2. The van der Waals surface area contributed by atoms with Crippen molar-refractivity contribution >= 4 is 35.6 Å². The van der Waals surface area contributed by atoms with Crippen molar-refractivity contribution in [1.82, 2.24) is 4.90 Å². The maximum Gasteiger partial charge on any atom is 0.238 e. The summed E-state index contributed by atoms with van der Waals surface area (Å²) in [5, 5.41) is 3.36. The van der Waals surface area contributed by atoms with Gasteiger partial charge in [-0.2, -0.15) is 0 Å². The van der Waals surface area contributed by atoms with Gasteiger partial charge in [-0.05, 0) is 50.4 Å². The summed E-state index contributed by atoms with van der Waals surface area (Å²) < 4.78 is 5.10. The Morgan fingerprint density at radius 2 is 2.30 bits per heavy atom. The van der Waals surface area contributed by atoms with E-state index in [1.165, 1.54) is 0 Å². The molecule has 1 amide bonds. The summed E-state index contributed by atoms with van der Waals surface area (Å²) in [4.78, 5) is 14.3. The molecule has 1 aromatic rings. The third-order valence-corrected chi connectivity index (χ3v) is 4.38. The number of piperidine rings is 1. The summed E-state index contributed by atoms with van der Waals surface area (Å²) in [6, 6.07) is 5.39. The molecule has 2 atom stereocenters. The van der Waals surface area contributed by atoms with Crippen LogP contribution in [0.3, 0.4) is 0 Å². The molecule has 1 aromatic carbocycles. The third kappa shape index (κ3) is 5.84. The lowest BCUT2D eigenvalue weighted by molar-refractivity contribution is -0.117. The molecule has 1 aliphatic heterocycles. The second kappa shape index (κ2) is 9.33. The highest BCUT2D eigenvalue weighted by Gasteiger charge is 2.23. The van der Waals surface area contributed by atoms with Crippen molar-refractivity contribution in [2.24, 2.45) is 11.7 Å². The van der Waals surface area contributed by atoms with Crippen LogP contribution in [0.25, 0.3) is 0 Å². The van der Waals surface area contributed by atoms with Crippen molar-refractivity contribution in [3.63, 3.8) is 0 Å². The average Bonchev–Trinajstić information content (AvgIpc) is 2.47. The van der Waals surface area contributed by atoms with Crippen LogP contribution in [-0.4, -0.2) is 43.6 Å². The number of methoxy groups -OCH3 is 1. The van der Waals surface area contributed by atoms with Crippen LogP contribution in [0.5, 0.6) is 5.75 Å². The van der Waals surface area contributed by atoms with E-state index in [0.29, 0.717) is 28.9 Å². The second-order valence-electron chi connectivity index (χ2n) is 5.89. The topological polar surface area (TPSA) is 67.6 Å². The van der Waals surface area contributed by atoms with Gasteiger partial charge in [-0.25, -0.2) is 0 Å². The van der Waals surface area contributed by atoms with Crippen molar-refractivity contribution in [1.29, 1.82) is 0 Å². The summed E-state index contributed by atoms with van der Waals surface area (Å²) in [5.41, 5.74) is 6.65. The molecule has 1 aliphatic rings. The highest BCUT2D eigenvalue weighted by molar-refractivity contribution is 6.32. The van der Waals surface area contributed by atoms with E-state index in [9.17, 15) is 4.79 Å². The number of ether oxygens (including phenoxy) is 1. The molecule has 5 nitrogen and oxygen atoms in total. The number of amides is 1. The number of hydrogen-bond acceptors (Lipinski definition) is 4. The largest absolute Gasteiger partial charge is 0.495 e. The van der Waals surface area contributed by atoms with Gasteiger partial charge in [0.15, 0.2) is 0 Å². The van der Waals surface area contributed by atoms with Gasteiger partial charge in [0.1, 0.15) is 5.75 Å². The first-order valence-corrected chi connectivity index (χ1v) is 7.98. The standard InChI is InChI=1S/C16H24ClN3O2.ClH/c1-11(18)12-4-3-7-20(9-12)10-16(21)19-13-5-6-15(22-2)14(17)8-13;/h5-6,8,11-12H,3-4,7,9-10,18H2,1-2H3,(H,19,21);1H. The Hall–Kier alpha value is -1.01. The van der Waals surface area contributed by atoms with E-state index in [1.807, 2.05) is 6.92 Å². The fourth-order valence-electron chi connectivity index (χ4n) is 2.81. The number of anilines is 1. The Kier molecular flexibility index (Phi) is 8.12. The summed E-state index contributed by atoms with van der Waals surface area (Å²) in [7, 11) is 1.56. The first-order chi connectivity index (χ1) is 10.5. The quantitative estimate of drug-likeness (QED) is 0.845. The minimum Gasteiger partial charge on any atom is -0.495 e. The van der Waals surface area contributed by atoms with Crippen LogP contribution in [0.2, 0.25) is 5.02 Å². The van der Waals surface area contributed by atoms with Crippen LogP contribution >= 0.6 is 24.0 Å². The molecule has 1 heterocycles. The summed E-state index contributed by atoms with van der Waals surface area (Å²) in [6.45, 7) is 4.24. The van der Waals surface area contributed by atoms with Crippen molar-refractivity contribution in [3.8, 4) is 5.75 Å². The number of nitrogens with one attached hydrogen (secondary N) is 1. The Labute approximate surface area is 148 Å². The molecule has 0 radical (unpaired) electrons. The van der Waals surface area contributed by atoms with Gasteiger partial charge in [0, 0.05) is 18.3 Å². The lowest BCUT2D eigenvalue weighted by Crippen LogP contribution is -2.45. The molecule has 0 aromatic heterocycles. The molecule has 130 valence electrons. The molecule has 7 heteroatoms. The Bertz CT molecular complexity index is 526. The molecule has 0 spiro atoms. The third-order valence-electron chi connectivity index (χ3n) is 4.09. The van der Waals surface area contributed by atoms with E-state index in [2.05, 4.69) is 10.2 Å². The first-order valence-electron chi connectivity index (χ1n) is 7.61. The molecule has 3 N–H and O–H groups in total. The van der Waals surface area contributed by atoms with Gasteiger partial charge in [-0.1, -0.05) is 11.6 Å². The van der Waals surface area contributed by atoms with Gasteiger partial charge in [0.25, 0.3) is 0 Å². The highest BCUT2D eigenvalue weighted by Crippen LogP contribution is 2.27. The predicted octanol–water partition coefficient (Wildman–Crippen LogP) is 2.77. The molecular formula is C16H25Cl2N3O2. The first kappa shape index (κ1) is 20.0. The summed E-state index contributed by atoms with van der Waals surface area (Å²) >= 11 is 6.06. The second-order valence-corrected chi connectivity index (χ2v) is 6.30. The molecule has 0 bridgehead atoms. The van der Waals surface area contributed by atoms with Crippen molar-refractivity contribution in [3.05, 3.63) is 23.2 Å². The number of carbonyl (C=O) groups excluding carboxylic acids is 1. The van der Waals surface area contributed by atoms with Crippen LogP contribution in [-0.2, 0) is 4.79 Å². The molecule has 23 heavy (non-hydrogen) atoms. The average molecular weight is 362 g/mol. The van der Waals surface area contributed by atoms with E-state index in [-0.39, 0.29) is 24.4 Å². The van der Waals surface area contributed by atoms with Crippen LogP contribution in [0, 0.1) is 5.92 Å². The molecule has 2 rings (SSSR count). The van der Waals surface area contributed by atoms with Gasteiger partial charge in [0.2, 0.25) is 5.91 Å². The zero-order valence-electron chi connectivity index (χ0n) is 13.5. The Balaban J connectivity index is 0.00000264. The summed E-state index contributed by atoms with van der Waals surface area (Å²) in [5.74, 6) is 1.03. The van der Waals surface area contributed by atoms with Crippen LogP contribution < -0.4 is 15.8 Å². The minimum atomic E-state index is -0.0356. The molecular weight excluding hydrogens is 337 g/mol. The van der Waals surface area contributed by atoms with E-state index in [4.69, 9.17) is 22.1 Å². The number of likely N-dealkylation sites (tertiary alicyclic amines) is 1. The van der Waals surface area contributed by atoms with Crippen molar-refractivity contribution in [2.45, 2.75) is 25.8 Å². The van der Waals surface area contributed by atoms with E-state index in [1.54, 1.807) is 25.3 Å². The van der Waals surface area contributed by atoms with Crippen LogP contribution in [0.1, 0.15) is 19.8 Å². The normalized spacial score (nSPS) is 19.6. The number of benzene rings is 1. The molecule has 1 saturated heterocycles. The predicted molar refractivity (Wildman–Crippen MR) is 96.7 cm³/mol. The van der Waals surface area contributed by atoms with Crippen LogP contribution in [0.15, 0.2) is 18.2 Å². The van der Waals surface area contributed by atoms with Gasteiger partial charge in [-0.3, -0.25) is 9.69 Å². The van der Waals surface area contributed by atoms with Gasteiger partial charge in [-0.15, -0.1) is 12.4 Å². The van der Waals surface area contributed by atoms with E-state index >= 15 is 0 Å². The number of nitrogens with two attached hydrogens (primary N) is 1. The molecule has 0 saturated carbocycles. The SMILES string of the molecule is COc1ccc(NC(=O)CN2CCCC(C(C)N)C2)cc1Cl.Cl. The fourth-order valence-corrected chi connectivity index (χ4v) is 3.07. The zero-order chi connectivity index (χ0) is 16.1. The molecule has 0 aliphatic carbocycles. The van der Waals surface area contributed by atoms with Crippen molar-refractivity contribution < 1.29 is 9.53 Å². The van der Waals surface area contributed by atoms with E-state index in [0.717, 1.165) is 25.9 Å². The van der Waals surface area contributed by atoms with Gasteiger partial charge >= 0.3 is 0 Å². The molecule has 1 fully saturated rings. The maximum absolute atomic E-state index is 12.2. The number of rotatable bonds is 5. The van der Waals surface area contributed by atoms with Gasteiger partial charge in [0.05, 0.1) is 18.7 Å². The van der Waals surface area contributed by atoms with E-state index < -0.39 is 0 Å².